The van der Waals surface area contributed by atoms with Crippen molar-refractivity contribution in [2.45, 2.75) is 13.3 Å². The van der Waals surface area contributed by atoms with Crippen molar-refractivity contribution in [1.29, 1.82) is 0 Å². The fourth-order valence-electron chi connectivity index (χ4n) is 1.93. The van der Waals surface area contributed by atoms with Crippen molar-refractivity contribution >= 4 is 21.6 Å². The smallest absolute Gasteiger partial charge is 0.259 e. The van der Waals surface area contributed by atoms with Crippen molar-refractivity contribution in [3.05, 3.63) is 51.4 Å². The summed E-state index contributed by atoms with van der Waals surface area (Å²) in [6.07, 6.45) is 0.871. The van der Waals surface area contributed by atoms with Crippen LogP contribution in [0.15, 0.2) is 35.1 Å². The summed E-state index contributed by atoms with van der Waals surface area (Å²) in [5.41, 5.74) is 0.394. The van der Waals surface area contributed by atoms with Crippen molar-refractivity contribution in [1.82, 2.24) is 9.97 Å². The molecular formula is C14H11FN2OS. The van der Waals surface area contributed by atoms with E-state index in [2.05, 4.69) is 9.97 Å². The SMILES string of the molecule is CCc1cc2c(=O)[nH]c(-c3cccc(F)c3)nc2s1. The Bertz CT molecular complexity index is 807. The molecule has 0 unspecified atom stereocenters. The summed E-state index contributed by atoms with van der Waals surface area (Å²) in [6, 6.07) is 7.91. The lowest BCUT2D eigenvalue weighted by Crippen LogP contribution is -2.07. The minimum atomic E-state index is -0.347. The highest BCUT2D eigenvalue weighted by Crippen LogP contribution is 2.24. The van der Waals surface area contributed by atoms with Crippen LogP contribution in [0.3, 0.4) is 0 Å². The van der Waals surface area contributed by atoms with Crippen molar-refractivity contribution in [3.63, 3.8) is 0 Å². The summed E-state index contributed by atoms with van der Waals surface area (Å²) in [7, 11) is 0. The van der Waals surface area contributed by atoms with Crippen molar-refractivity contribution in [2.24, 2.45) is 0 Å². The summed E-state index contributed by atoms with van der Waals surface area (Å²) in [6.45, 7) is 2.03. The Kier molecular flexibility index (Phi) is 2.91. The molecular weight excluding hydrogens is 263 g/mol. The van der Waals surface area contributed by atoms with Gasteiger partial charge in [0.1, 0.15) is 16.5 Å². The van der Waals surface area contributed by atoms with Gasteiger partial charge in [-0.25, -0.2) is 9.37 Å². The fraction of sp³-hybridized carbons (Fsp3) is 0.143. The Morgan fingerprint density at radius 1 is 1.37 bits per heavy atom. The Labute approximate surface area is 112 Å². The largest absolute Gasteiger partial charge is 0.306 e. The van der Waals surface area contributed by atoms with E-state index in [0.29, 0.717) is 21.6 Å². The number of H-pyrrole nitrogens is 1. The molecule has 0 bridgehead atoms. The number of rotatable bonds is 2. The third-order valence-corrected chi connectivity index (χ3v) is 4.07. The van der Waals surface area contributed by atoms with E-state index in [9.17, 15) is 9.18 Å². The molecule has 3 rings (SSSR count). The Hall–Kier alpha value is -2.01. The first-order valence-electron chi connectivity index (χ1n) is 5.96. The number of thiophene rings is 1. The highest BCUT2D eigenvalue weighted by Gasteiger charge is 2.09. The first-order chi connectivity index (χ1) is 9.17. The molecule has 0 saturated heterocycles. The second-order valence-corrected chi connectivity index (χ2v) is 5.33. The number of hydrogen-bond donors (Lipinski definition) is 1. The number of benzene rings is 1. The van der Waals surface area contributed by atoms with Crippen LogP contribution in [-0.4, -0.2) is 9.97 Å². The molecule has 0 radical (unpaired) electrons. The molecule has 2 aromatic heterocycles. The molecule has 96 valence electrons. The van der Waals surface area contributed by atoms with E-state index in [1.807, 2.05) is 13.0 Å². The average molecular weight is 274 g/mol. The van der Waals surface area contributed by atoms with E-state index < -0.39 is 0 Å². The van der Waals surface area contributed by atoms with E-state index in [0.717, 1.165) is 11.3 Å². The molecule has 19 heavy (non-hydrogen) atoms. The minimum absolute atomic E-state index is 0.180. The van der Waals surface area contributed by atoms with Crippen LogP contribution >= 0.6 is 11.3 Å². The summed E-state index contributed by atoms with van der Waals surface area (Å²) >= 11 is 1.50. The highest BCUT2D eigenvalue weighted by atomic mass is 32.1. The maximum Gasteiger partial charge on any atom is 0.259 e. The first-order valence-corrected chi connectivity index (χ1v) is 6.77. The highest BCUT2D eigenvalue weighted by molar-refractivity contribution is 7.18. The van der Waals surface area contributed by atoms with E-state index in [1.54, 1.807) is 12.1 Å². The van der Waals surface area contributed by atoms with Gasteiger partial charge in [-0.15, -0.1) is 11.3 Å². The molecule has 1 aromatic carbocycles. The zero-order chi connectivity index (χ0) is 13.4. The Morgan fingerprint density at radius 2 is 2.21 bits per heavy atom. The lowest BCUT2D eigenvalue weighted by Gasteiger charge is -2.00. The summed E-state index contributed by atoms with van der Waals surface area (Å²) < 4.78 is 13.2. The number of aryl methyl sites for hydroxylation is 1. The molecule has 0 amide bonds. The summed E-state index contributed by atoms with van der Waals surface area (Å²) in [5, 5.41) is 0.599. The fourth-order valence-corrected chi connectivity index (χ4v) is 2.90. The number of nitrogens with zero attached hydrogens (tertiary/aromatic N) is 1. The average Bonchev–Trinajstić information content (AvgIpc) is 2.82. The van der Waals surface area contributed by atoms with E-state index in [4.69, 9.17) is 0 Å². The number of fused-ring (bicyclic) bond motifs is 1. The van der Waals surface area contributed by atoms with Crippen LogP contribution in [0.2, 0.25) is 0 Å². The number of halogens is 1. The van der Waals surface area contributed by atoms with Crippen LogP contribution in [-0.2, 0) is 6.42 Å². The number of aromatic amines is 1. The monoisotopic (exact) mass is 274 g/mol. The predicted molar refractivity (Wildman–Crippen MR) is 75.0 cm³/mol. The van der Waals surface area contributed by atoms with Crippen LogP contribution in [0, 0.1) is 5.82 Å². The van der Waals surface area contributed by atoms with Gasteiger partial charge in [-0.05, 0) is 24.6 Å². The molecule has 5 heteroatoms. The minimum Gasteiger partial charge on any atom is -0.306 e. The molecule has 0 spiro atoms. The van der Waals surface area contributed by atoms with Gasteiger partial charge in [0.05, 0.1) is 5.39 Å². The van der Waals surface area contributed by atoms with Crippen molar-refractivity contribution in [3.8, 4) is 11.4 Å². The maximum atomic E-state index is 13.2. The second-order valence-electron chi connectivity index (χ2n) is 4.21. The van der Waals surface area contributed by atoms with Gasteiger partial charge in [0, 0.05) is 10.4 Å². The number of aromatic nitrogens is 2. The molecule has 0 fully saturated rings. The van der Waals surface area contributed by atoms with Gasteiger partial charge in [0.25, 0.3) is 5.56 Å². The zero-order valence-electron chi connectivity index (χ0n) is 10.2. The maximum absolute atomic E-state index is 13.2. The Balaban J connectivity index is 2.23. The summed E-state index contributed by atoms with van der Waals surface area (Å²) in [5.74, 6) is 0.0576. The van der Waals surface area contributed by atoms with Gasteiger partial charge >= 0.3 is 0 Å². The molecule has 1 N–H and O–H groups in total. The predicted octanol–water partition coefficient (Wildman–Crippen LogP) is 3.35. The molecule has 3 aromatic rings. The van der Waals surface area contributed by atoms with Crippen LogP contribution < -0.4 is 5.56 Å². The van der Waals surface area contributed by atoms with Gasteiger partial charge in [-0.1, -0.05) is 19.1 Å². The van der Waals surface area contributed by atoms with Crippen LogP contribution in [0.1, 0.15) is 11.8 Å². The lowest BCUT2D eigenvalue weighted by atomic mass is 10.2. The lowest BCUT2D eigenvalue weighted by molar-refractivity contribution is 0.628. The quantitative estimate of drug-likeness (QED) is 0.779. The third-order valence-electron chi connectivity index (χ3n) is 2.90. The number of nitrogens with one attached hydrogen (secondary N) is 1. The molecule has 2 heterocycles. The van der Waals surface area contributed by atoms with Gasteiger partial charge < -0.3 is 4.98 Å². The standard InChI is InChI=1S/C14H11FN2OS/c1-2-10-7-11-13(18)16-12(17-14(11)19-10)8-4-3-5-9(15)6-8/h3-7H,2H2,1H3,(H,16,17,18). The molecule has 0 aliphatic heterocycles. The van der Waals surface area contributed by atoms with Gasteiger partial charge in [-0.3, -0.25) is 4.79 Å². The second kappa shape index (κ2) is 4.59. The summed E-state index contributed by atoms with van der Waals surface area (Å²) in [4.78, 5) is 20.9. The van der Waals surface area contributed by atoms with Crippen LogP contribution in [0.5, 0.6) is 0 Å². The zero-order valence-corrected chi connectivity index (χ0v) is 11.1. The van der Waals surface area contributed by atoms with Crippen LogP contribution in [0.4, 0.5) is 4.39 Å². The molecule has 0 saturated carbocycles. The number of hydrogen-bond acceptors (Lipinski definition) is 3. The van der Waals surface area contributed by atoms with Gasteiger partial charge in [0.2, 0.25) is 0 Å². The van der Waals surface area contributed by atoms with E-state index in [-0.39, 0.29) is 11.4 Å². The van der Waals surface area contributed by atoms with E-state index >= 15 is 0 Å². The molecule has 0 aliphatic rings. The first kappa shape index (κ1) is 12.0. The molecule has 3 nitrogen and oxygen atoms in total. The van der Waals surface area contributed by atoms with Gasteiger partial charge in [0.15, 0.2) is 0 Å². The Morgan fingerprint density at radius 3 is 2.95 bits per heavy atom. The van der Waals surface area contributed by atoms with Crippen molar-refractivity contribution in [2.75, 3.05) is 0 Å². The third kappa shape index (κ3) is 2.17. The molecule has 0 aliphatic carbocycles. The van der Waals surface area contributed by atoms with E-state index in [1.165, 1.54) is 23.5 Å². The van der Waals surface area contributed by atoms with Gasteiger partial charge in [-0.2, -0.15) is 0 Å². The van der Waals surface area contributed by atoms with Crippen LogP contribution in [0.25, 0.3) is 21.6 Å². The van der Waals surface area contributed by atoms with Crippen molar-refractivity contribution < 1.29 is 4.39 Å². The molecule has 0 atom stereocenters. The normalized spacial score (nSPS) is 11.1. The topological polar surface area (TPSA) is 45.8 Å².